The van der Waals surface area contributed by atoms with Gasteiger partial charge in [0.25, 0.3) is 5.91 Å². The number of aliphatic carboxylic acids is 1. The van der Waals surface area contributed by atoms with Crippen LogP contribution in [0, 0.1) is 5.82 Å². The van der Waals surface area contributed by atoms with E-state index >= 15 is 0 Å². The molecule has 142 valence electrons. The first kappa shape index (κ1) is 18.8. The quantitative estimate of drug-likeness (QED) is 0.799. The molecule has 3 rings (SSSR count). The second kappa shape index (κ2) is 8.59. The molecule has 1 aromatic heterocycles. The van der Waals surface area contributed by atoms with Crippen molar-refractivity contribution in [2.45, 2.75) is 19.1 Å². The van der Waals surface area contributed by atoms with E-state index in [4.69, 9.17) is 14.6 Å². The number of ether oxygens (including phenoxy) is 2. The second-order valence-electron chi connectivity index (χ2n) is 6.17. The Morgan fingerprint density at radius 1 is 1.30 bits per heavy atom. The van der Waals surface area contributed by atoms with Crippen molar-refractivity contribution in [3.05, 3.63) is 59.5 Å². The molecule has 1 fully saturated rings. The number of carbonyl (C=O) groups excluding carboxylic acids is 1. The highest BCUT2D eigenvalue weighted by molar-refractivity contribution is 5.96. The van der Waals surface area contributed by atoms with Gasteiger partial charge in [-0.2, -0.15) is 0 Å². The highest BCUT2D eigenvalue weighted by Gasteiger charge is 2.22. The lowest BCUT2D eigenvalue weighted by molar-refractivity contribution is -0.137. The van der Waals surface area contributed by atoms with Gasteiger partial charge in [-0.05, 0) is 23.8 Å². The molecule has 2 heterocycles. The normalized spacial score (nSPS) is 16.1. The van der Waals surface area contributed by atoms with Gasteiger partial charge in [-0.1, -0.05) is 12.1 Å². The average Bonchev–Trinajstić information content (AvgIpc) is 3.15. The molecule has 0 radical (unpaired) electrons. The maximum atomic E-state index is 13.1. The van der Waals surface area contributed by atoms with E-state index in [0.717, 1.165) is 6.42 Å². The molecule has 0 bridgehead atoms. The largest absolute Gasteiger partial charge is 0.480 e. The number of hydrogen-bond donors (Lipinski definition) is 1. The van der Waals surface area contributed by atoms with Crippen LogP contribution >= 0.6 is 0 Å². The van der Waals surface area contributed by atoms with Gasteiger partial charge >= 0.3 is 5.97 Å². The second-order valence-corrected chi connectivity index (χ2v) is 6.17. The van der Waals surface area contributed by atoms with Crippen LogP contribution in [-0.4, -0.2) is 52.7 Å². The van der Waals surface area contributed by atoms with Crippen LogP contribution < -0.4 is 4.74 Å². The molecular formula is C19H19FN2O5. The maximum Gasteiger partial charge on any atom is 0.323 e. The molecule has 2 aromatic rings. The number of carboxylic acid groups (broad SMARTS) is 1. The number of hydrogen-bond acceptors (Lipinski definition) is 5. The predicted molar refractivity (Wildman–Crippen MR) is 92.9 cm³/mol. The smallest absolute Gasteiger partial charge is 0.323 e. The van der Waals surface area contributed by atoms with Crippen molar-refractivity contribution in [3.8, 4) is 5.88 Å². The van der Waals surface area contributed by atoms with E-state index in [-0.39, 0.29) is 24.1 Å². The molecule has 0 saturated carbocycles. The van der Waals surface area contributed by atoms with E-state index in [1.807, 2.05) is 0 Å². The zero-order valence-electron chi connectivity index (χ0n) is 14.5. The molecule has 1 atom stereocenters. The first-order valence-electron chi connectivity index (χ1n) is 8.47. The van der Waals surface area contributed by atoms with Crippen LogP contribution in [-0.2, 0) is 16.1 Å². The third kappa shape index (κ3) is 5.24. The Morgan fingerprint density at radius 3 is 2.74 bits per heavy atom. The molecule has 1 aliphatic rings. The average molecular weight is 374 g/mol. The van der Waals surface area contributed by atoms with Gasteiger partial charge in [-0.15, -0.1) is 0 Å². The van der Waals surface area contributed by atoms with Gasteiger partial charge < -0.3 is 19.5 Å². The lowest BCUT2D eigenvalue weighted by Crippen LogP contribution is -2.35. The van der Waals surface area contributed by atoms with Gasteiger partial charge in [0, 0.05) is 30.8 Å². The number of amides is 1. The fraction of sp³-hybridized carbons (Fsp3) is 0.316. The molecule has 1 N–H and O–H groups in total. The first-order chi connectivity index (χ1) is 13.0. The van der Waals surface area contributed by atoms with E-state index < -0.39 is 24.2 Å². The van der Waals surface area contributed by atoms with Gasteiger partial charge in [0.05, 0.1) is 13.2 Å². The highest BCUT2D eigenvalue weighted by Crippen LogP contribution is 2.18. The number of rotatable bonds is 7. The number of aromatic nitrogens is 1. The summed E-state index contributed by atoms with van der Waals surface area (Å²) in [7, 11) is 0. The molecule has 8 heteroatoms. The van der Waals surface area contributed by atoms with Gasteiger partial charge in [0.2, 0.25) is 5.88 Å². The highest BCUT2D eigenvalue weighted by atomic mass is 19.1. The Hall–Kier alpha value is -3.00. The predicted octanol–water partition coefficient (Wildman–Crippen LogP) is 2.12. The summed E-state index contributed by atoms with van der Waals surface area (Å²) in [5.41, 5.74) is 0.891. The van der Waals surface area contributed by atoms with Crippen LogP contribution in [0.15, 0.2) is 42.6 Å². The molecular weight excluding hydrogens is 355 g/mol. The van der Waals surface area contributed by atoms with Crippen molar-refractivity contribution in [2.75, 3.05) is 19.8 Å². The van der Waals surface area contributed by atoms with Gasteiger partial charge in [0.15, 0.2) is 0 Å². The van der Waals surface area contributed by atoms with Gasteiger partial charge in [-0.25, -0.2) is 9.37 Å². The zero-order chi connectivity index (χ0) is 19.2. The minimum Gasteiger partial charge on any atom is -0.480 e. The summed E-state index contributed by atoms with van der Waals surface area (Å²) in [6.07, 6.45) is 2.07. The fourth-order valence-electron chi connectivity index (χ4n) is 2.74. The van der Waals surface area contributed by atoms with Gasteiger partial charge in [0.1, 0.15) is 18.5 Å². The summed E-state index contributed by atoms with van der Waals surface area (Å²) in [6.45, 7) is 0.647. The van der Waals surface area contributed by atoms with Crippen LogP contribution in [0.4, 0.5) is 4.39 Å². The molecule has 1 aliphatic heterocycles. The molecule has 1 amide bonds. The molecule has 7 nitrogen and oxygen atoms in total. The van der Waals surface area contributed by atoms with Crippen molar-refractivity contribution < 1.29 is 28.6 Å². The molecule has 1 aromatic carbocycles. The Morgan fingerprint density at radius 2 is 2.07 bits per heavy atom. The van der Waals surface area contributed by atoms with E-state index in [1.165, 1.54) is 47.5 Å². The van der Waals surface area contributed by atoms with E-state index in [2.05, 4.69) is 4.98 Å². The van der Waals surface area contributed by atoms with Gasteiger partial charge in [-0.3, -0.25) is 9.59 Å². The molecule has 0 spiro atoms. The number of halogens is 1. The SMILES string of the molecule is O=C(O)CN(Cc1ccc(F)cc1)C(=O)c1ccnc(OC2CCOC2)c1. The summed E-state index contributed by atoms with van der Waals surface area (Å²) >= 11 is 0. The van der Waals surface area contributed by atoms with E-state index in [0.29, 0.717) is 18.8 Å². The topological polar surface area (TPSA) is 89.0 Å². The Bertz CT molecular complexity index is 806. The molecule has 27 heavy (non-hydrogen) atoms. The zero-order valence-corrected chi connectivity index (χ0v) is 14.5. The van der Waals surface area contributed by atoms with Crippen LogP contribution in [0.25, 0.3) is 0 Å². The summed E-state index contributed by atoms with van der Waals surface area (Å²) < 4.78 is 24.0. The minimum absolute atomic E-state index is 0.0421. The molecule has 1 unspecified atom stereocenters. The number of benzene rings is 1. The lowest BCUT2D eigenvalue weighted by Gasteiger charge is -2.21. The Balaban J connectivity index is 1.76. The standard InChI is InChI=1S/C19H19FN2O5/c20-15-3-1-13(2-4-15)10-22(11-18(23)24)19(25)14-5-7-21-17(9-14)27-16-6-8-26-12-16/h1-5,7,9,16H,6,8,10-12H2,(H,23,24). The van der Waals surface area contributed by atoms with Crippen LogP contribution in [0.5, 0.6) is 5.88 Å². The Labute approximate surface area is 155 Å². The van der Waals surface area contributed by atoms with E-state index in [9.17, 15) is 14.0 Å². The lowest BCUT2D eigenvalue weighted by atomic mass is 10.1. The molecule has 1 saturated heterocycles. The monoisotopic (exact) mass is 374 g/mol. The van der Waals surface area contributed by atoms with Crippen molar-refractivity contribution in [1.29, 1.82) is 0 Å². The van der Waals surface area contributed by atoms with Crippen LogP contribution in [0.2, 0.25) is 0 Å². The van der Waals surface area contributed by atoms with Crippen molar-refractivity contribution in [1.82, 2.24) is 9.88 Å². The number of pyridine rings is 1. The molecule has 0 aliphatic carbocycles. The Kier molecular flexibility index (Phi) is 5.97. The number of carboxylic acids is 1. The summed E-state index contributed by atoms with van der Waals surface area (Å²) in [4.78, 5) is 29.3. The van der Waals surface area contributed by atoms with E-state index in [1.54, 1.807) is 0 Å². The summed E-state index contributed by atoms with van der Waals surface area (Å²) in [5.74, 6) is -1.73. The first-order valence-corrected chi connectivity index (χ1v) is 8.47. The third-order valence-corrected chi connectivity index (χ3v) is 4.06. The summed E-state index contributed by atoms with van der Waals surface area (Å²) in [5, 5.41) is 9.14. The number of nitrogens with zero attached hydrogens (tertiary/aromatic N) is 2. The van der Waals surface area contributed by atoms with Crippen molar-refractivity contribution in [2.24, 2.45) is 0 Å². The van der Waals surface area contributed by atoms with Crippen molar-refractivity contribution >= 4 is 11.9 Å². The summed E-state index contributed by atoms with van der Waals surface area (Å²) in [6, 6.07) is 8.54. The minimum atomic E-state index is -1.14. The maximum absolute atomic E-state index is 13.1. The van der Waals surface area contributed by atoms with Crippen molar-refractivity contribution in [3.63, 3.8) is 0 Å². The third-order valence-electron chi connectivity index (χ3n) is 4.06. The van der Waals surface area contributed by atoms with Crippen LogP contribution in [0.1, 0.15) is 22.3 Å². The fourth-order valence-corrected chi connectivity index (χ4v) is 2.74. The number of carbonyl (C=O) groups is 2. The van der Waals surface area contributed by atoms with Crippen LogP contribution in [0.3, 0.4) is 0 Å².